The quantitative estimate of drug-likeness (QED) is 0.899. The maximum atomic E-state index is 12.4. The van der Waals surface area contributed by atoms with Gasteiger partial charge in [0.2, 0.25) is 0 Å². The molecule has 0 unspecified atom stereocenters. The van der Waals surface area contributed by atoms with Crippen molar-refractivity contribution < 1.29 is 14.3 Å². The molecule has 106 valence electrons. The second-order valence-corrected chi connectivity index (χ2v) is 6.15. The van der Waals surface area contributed by atoms with Gasteiger partial charge >= 0.3 is 0 Å². The largest absolute Gasteiger partial charge is 0.493 e. The van der Waals surface area contributed by atoms with E-state index in [1.165, 1.54) is 19.3 Å². The van der Waals surface area contributed by atoms with Crippen LogP contribution in [0.15, 0.2) is 12.1 Å². The monoisotopic (exact) mass is 273 g/mol. The van der Waals surface area contributed by atoms with Gasteiger partial charge in [-0.1, -0.05) is 0 Å². The average Bonchev–Trinajstić information content (AvgIpc) is 3.07. The van der Waals surface area contributed by atoms with Gasteiger partial charge in [0.15, 0.2) is 11.5 Å². The minimum Gasteiger partial charge on any atom is -0.493 e. The fourth-order valence-corrected chi connectivity index (χ4v) is 4.54. The minimum absolute atomic E-state index is 0.0368. The van der Waals surface area contributed by atoms with Gasteiger partial charge in [0.25, 0.3) is 5.91 Å². The van der Waals surface area contributed by atoms with E-state index in [4.69, 9.17) is 9.47 Å². The summed E-state index contributed by atoms with van der Waals surface area (Å²) < 4.78 is 10.7. The van der Waals surface area contributed by atoms with E-state index in [1.807, 2.05) is 12.1 Å². The van der Waals surface area contributed by atoms with Crippen LogP contribution in [0.5, 0.6) is 11.5 Å². The molecule has 4 rings (SSSR count). The van der Waals surface area contributed by atoms with Gasteiger partial charge in [-0.2, -0.15) is 0 Å². The summed E-state index contributed by atoms with van der Waals surface area (Å²) in [5.41, 5.74) is 1.92. The van der Waals surface area contributed by atoms with Gasteiger partial charge in [-0.3, -0.25) is 4.79 Å². The number of carbonyl (C=O) groups is 1. The predicted molar refractivity (Wildman–Crippen MR) is 74.4 cm³/mol. The molecule has 2 fully saturated rings. The molecule has 1 amide bonds. The Hall–Kier alpha value is -1.71. The normalized spacial score (nSPS) is 33.4. The van der Waals surface area contributed by atoms with E-state index in [0.29, 0.717) is 29.5 Å². The van der Waals surface area contributed by atoms with Gasteiger partial charge in [-0.15, -0.1) is 0 Å². The highest BCUT2D eigenvalue weighted by atomic mass is 16.5. The molecule has 3 aliphatic rings. The number of ether oxygens (including phenoxy) is 2. The van der Waals surface area contributed by atoms with E-state index < -0.39 is 0 Å². The van der Waals surface area contributed by atoms with Gasteiger partial charge in [0.05, 0.1) is 14.2 Å². The molecule has 2 aliphatic carbocycles. The van der Waals surface area contributed by atoms with Crippen LogP contribution in [-0.4, -0.2) is 26.2 Å². The molecule has 1 aromatic carbocycles. The maximum Gasteiger partial charge on any atom is 0.251 e. The number of methoxy groups -OCH3 is 2. The smallest absolute Gasteiger partial charge is 0.251 e. The number of amides is 1. The van der Waals surface area contributed by atoms with Gasteiger partial charge in [-0.05, 0) is 48.8 Å². The first kappa shape index (κ1) is 12.1. The first-order valence-corrected chi connectivity index (χ1v) is 7.29. The highest BCUT2D eigenvalue weighted by Gasteiger charge is 2.51. The minimum atomic E-state index is 0.0368. The predicted octanol–water partition coefficient (Wildman–Crippen LogP) is 2.33. The molecule has 1 N–H and O–H groups in total. The van der Waals surface area contributed by atoms with E-state index in [2.05, 4.69) is 5.32 Å². The molecule has 2 saturated carbocycles. The van der Waals surface area contributed by atoms with E-state index in [1.54, 1.807) is 14.2 Å². The third kappa shape index (κ3) is 1.45. The van der Waals surface area contributed by atoms with Crippen molar-refractivity contribution in [2.75, 3.05) is 14.2 Å². The Morgan fingerprint density at radius 2 is 1.80 bits per heavy atom. The van der Waals surface area contributed by atoms with Crippen molar-refractivity contribution in [1.29, 1.82) is 0 Å². The summed E-state index contributed by atoms with van der Waals surface area (Å²) in [5.74, 6) is 3.22. The SMILES string of the molecule is COc1cc2c(cc1OC)[C@@H]1[C@H]3CC[C@H](C3)[C@@H]1NC2=O. The molecular weight excluding hydrogens is 254 g/mol. The van der Waals surface area contributed by atoms with E-state index in [-0.39, 0.29) is 5.91 Å². The highest BCUT2D eigenvalue weighted by molar-refractivity contribution is 5.98. The van der Waals surface area contributed by atoms with Crippen LogP contribution in [0, 0.1) is 11.8 Å². The third-order valence-electron chi connectivity index (χ3n) is 5.37. The van der Waals surface area contributed by atoms with Gasteiger partial charge in [0, 0.05) is 17.5 Å². The van der Waals surface area contributed by atoms with Crippen LogP contribution >= 0.6 is 0 Å². The van der Waals surface area contributed by atoms with Gasteiger partial charge < -0.3 is 14.8 Å². The Bertz CT molecular complexity index is 583. The van der Waals surface area contributed by atoms with Crippen molar-refractivity contribution in [3.63, 3.8) is 0 Å². The summed E-state index contributed by atoms with van der Waals surface area (Å²) in [7, 11) is 3.25. The van der Waals surface area contributed by atoms with Crippen LogP contribution in [0.4, 0.5) is 0 Å². The Morgan fingerprint density at radius 3 is 2.55 bits per heavy atom. The number of hydrogen-bond acceptors (Lipinski definition) is 3. The van der Waals surface area contributed by atoms with Crippen molar-refractivity contribution in [2.24, 2.45) is 11.8 Å². The summed E-state index contributed by atoms with van der Waals surface area (Å²) >= 11 is 0. The Kier molecular flexibility index (Phi) is 2.50. The lowest BCUT2D eigenvalue weighted by Gasteiger charge is -2.37. The second kappa shape index (κ2) is 4.14. The van der Waals surface area contributed by atoms with Crippen LogP contribution in [0.1, 0.15) is 41.1 Å². The maximum absolute atomic E-state index is 12.4. The standard InChI is InChI=1S/C16H19NO3/c1-19-12-6-10-11(7-13(12)20-2)16(18)17-15-9-4-3-8(5-9)14(10)15/h6-9,14-15H,3-5H2,1-2H3,(H,17,18)/t8-,9+,14-,15-/m0/s1. The lowest BCUT2D eigenvalue weighted by Crippen LogP contribution is -2.47. The summed E-state index contributed by atoms with van der Waals surface area (Å²) in [6.45, 7) is 0. The van der Waals surface area contributed by atoms with Crippen molar-refractivity contribution in [2.45, 2.75) is 31.2 Å². The molecule has 0 spiro atoms. The van der Waals surface area contributed by atoms with Crippen LogP contribution in [-0.2, 0) is 0 Å². The van der Waals surface area contributed by atoms with E-state index >= 15 is 0 Å². The van der Waals surface area contributed by atoms with E-state index in [9.17, 15) is 4.79 Å². The summed E-state index contributed by atoms with van der Waals surface area (Å²) in [6.07, 6.45) is 3.80. The topological polar surface area (TPSA) is 47.6 Å². The molecule has 0 aromatic heterocycles. The van der Waals surface area contributed by atoms with Crippen molar-refractivity contribution in [1.82, 2.24) is 5.32 Å². The summed E-state index contributed by atoms with van der Waals surface area (Å²) in [5, 5.41) is 3.22. The molecule has 0 radical (unpaired) electrons. The fraction of sp³-hybridized carbons (Fsp3) is 0.562. The number of fused-ring (bicyclic) bond motifs is 7. The molecule has 2 bridgehead atoms. The lowest BCUT2D eigenvalue weighted by molar-refractivity contribution is 0.0895. The van der Waals surface area contributed by atoms with Crippen LogP contribution in [0.25, 0.3) is 0 Å². The van der Waals surface area contributed by atoms with Crippen LogP contribution < -0.4 is 14.8 Å². The molecule has 20 heavy (non-hydrogen) atoms. The molecule has 1 heterocycles. The van der Waals surface area contributed by atoms with Gasteiger partial charge in [-0.25, -0.2) is 0 Å². The Labute approximate surface area is 118 Å². The molecule has 4 atom stereocenters. The second-order valence-electron chi connectivity index (χ2n) is 6.15. The number of rotatable bonds is 2. The van der Waals surface area contributed by atoms with Crippen LogP contribution in [0.2, 0.25) is 0 Å². The first-order chi connectivity index (χ1) is 9.72. The average molecular weight is 273 g/mol. The van der Waals surface area contributed by atoms with Crippen molar-refractivity contribution in [3.8, 4) is 11.5 Å². The zero-order valence-electron chi connectivity index (χ0n) is 11.8. The Morgan fingerprint density at radius 1 is 1.10 bits per heavy atom. The zero-order valence-corrected chi connectivity index (χ0v) is 11.8. The molecule has 4 nitrogen and oxygen atoms in total. The highest BCUT2D eigenvalue weighted by Crippen LogP contribution is 2.55. The number of benzene rings is 1. The van der Waals surface area contributed by atoms with Crippen molar-refractivity contribution in [3.05, 3.63) is 23.3 Å². The van der Waals surface area contributed by atoms with Crippen LogP contribution in [0.3, 0.4) is 0 Å². The first-order valence-electron chi connectivity index (χ1n) is 7.29. The molecular formula is C16H19NO3. The molecule has 1 aromatic rings. The number of nitrogens with one attached hydrogen (secondary N) is 1. The molecule has 0 saturated heterocycles. The Balaban J connectivity index is 1.86. The summed E-state index contributed by atoms with van der Waals surface area (Å²) in [4.78, 5) is 12.4. The molecule has 1 aliphatic heterocycles. The molecule has 4 heteroatoms. The third-order valence-corrected chi connectivity index (χ3v) is 5.37. The fourth-order valence-electron chi connectivity index (χ4n) is 4.54. The van der Waals surface area contributed by atoms with E-state index in [0.717, 1.165) is 16.9 Å². The summed E-state index contributed by atoms with van der Waals surface area (Å²) in [6, 6.07) is 4.17. The zero-order chi connectivity index (χ0) is 13.9. The van der Waals surface area contributed by atoms with Crippen molar-refractivity contribution >= 4 is 5.91 Å². The van der Waals surface area contributed by atoms with Gasteiger partial charge in [0.1, 0.15) is 0 Å². The lowest BCUT2D eigenvalue weighted by atomic mass is 9.75. The number of carbonyl (C=O) groups excluding carboxylic acids is 1. The number of hydrogen-bond donors (Lipinski definition) is 1.